The topological polar surface area (TPSA) is 49.6 Å². The molecule has 0 amide bonds. The standard InChI is InChI=1S/C48H45N3/c1-7-9-28-48(6)42-25-17-24-41(46(42)35(5)43(48)29-33(3)32-49)40-23-16-22-39(30-40)34(4)26-27-36(8-2)44-31-45(37-18-12-10-13-19-37)51-47(50-44)38-20-14-11-15-21-38/h8,10-27,29-31H,4,7,9,28H2,1-3,5-6H3/b27-26-,33-29+,36-8+. The molecule has 0 bridgehead atoms. The van der Waals surface area contributed by atoms with Gasteiger partial charge in [0.05, 0.1) is 17.5 Å². The molecule has 0 spiro atoms. The molecule has 1 aliphatic rings. The molecule has 1 unspecified atom stereocenters. The SMILES string of the molecule is C=C(/C=C\C(=C/C)c1cc(-c2ccccc2)nc(-c2ccccc2)n1)c1cccc(-c2cccc3c2C(C)=C(/C=C(\C)C#N)C3(C)CCCC)c1. The van der Waals surface area contributed by atoms with E-state index in [1.54, 1.807) is 0 Å². The van der Waals surface area contributed by atoms with Crippen LogP contribution in [0.2, 0.25) is 0 Å². The number of nitriles is 1. The lowest BCUT2D eigenvalue weighted by Crippen LogP contribution is -2.21. The van der Waals surface area contributed by atoms with E-state index in [1.165, 1.54) is 27.8 Å². The maximum Gasteiger partial charge on any atom is 0.160 e. The Hall–Kier alpha value is -5.85. The van der Waals surface area contributed by atoms with Gasteiger partial charge in [0.15, 0.2) is 5.82 Å². The highest BCUT2D eigenvalue weighted by atomic mass is 14.9. The van der Waals surface area contributed by atoms with Gasteiger partial charge in [-0.3, -0.25) is 0 Å². The number of aromatic nitrogens is 2. The molecule has 0 fully saturated rings. The molecule has 1 aromatic heterocycles. The Balaban J connectivity index is 1.35. The van der Waals surface area contributed by atoms with Gasteiger partial charge in [0.25, 0.3) is 0 Å². The summed E-state index contributed by atoms with van der Waals surface area (Å²) >= 11 is 0. The second-order valence-electron chi connectivity index (χ2n) is 13.5. The number of hydrogen-bond donors (Lipinski definition) is 0. The second kappa shape index (κ2) is 15.4. The highest BCUT2D eigenvalue weighted by molar-refractivity contribution is 5.92. The number of unbranched alkanes of at least 4 members (excludes halogenated alkanes) is 1. The summed E-state index contributed by atoms with van der Waals surface area (Å²) < 4.78 is 0. The molecular weight excluding hydrogens is 619 g/mol. The average Bonchev–Trinajstić information content (AvgIpc) is 3.39. The third-order valence-corrected chi connectivity index (χ3v) is 10.0. The van der Waals surface area contributed by atoms with E-state index in [-0.39, 0.29) is 5.41 Å². The zero-order valence-electron chi connectivity index (χ0n) is 30.4. The van der Waals surface area contributed by atoms with Crippen LogP contribution >= 0.6 is 0 Å². The smallest absolute Gasteiger partial charge is 0.160 e. The van der Waals surface area contributed by atoms with Gasteiger partial charge in [-0.25, -0.2) is 9.97 Å². The molecule has 3 heteroatoms. The number of fused-ring (bicyclic) bond motifs is 1. The van der Waals surface area contributed by atoms with E-state index in [1.807, 2.05) is 62.4 Å². The zero-order valence-corrected chi connectivity index (χ0v) is 30.4. The Labute approximate surface area is 303 Å². The van der Waals surface area contributed by atoms with Crippen LogP contribution in [0.15, 0.2) is 151 Å². The van der Waals surface area contributed by atoms with Gasteiger partial charge in [0.2, 0.25) is 0 Å². The highest BCUT2D eigenvalue weighted by Gasteiger charge is 2.39. The van der Waals surface area contributed by atoms with Gasteiger partial charge < -0.3 is 0 Å². The van der Waals surface area contributed by atoms with Gasteiger partial charge in [0.1, 0.15) is 0 Å². The quantitative estimate of drug-likeness (QED) is 0.104. The van der Waals surface area contributed by atoms with E-state index in [2.05, 4.69) is 118 Å². The summed E-state index contributed by atoms with van der Waals surface area (Å²) in [5.41, 5.74) is 14.8. The number of benzene rings is 4. The third-order valence-electron chi connectivity index (χ3n) is 10.0. The van der Waals surface area contributed by atoms with Crippen molar-refractivity contribution in [2.24, 2.45) is 0 Å². The Morgan fingerprint density at radius 3 is 2.22 bits per heavy atom. The minimum Gasteiger partial charge on any atom is -0.228 e. The summed E-state index contributed by atoms with van der Waals surface area (Å²) in [5, 5.41) is 9.67. The van der Waals surface area contributed by atoms with Gasteiger partial charge >= 0.3 is 0 Å². The maximum absolute atomic E-state index is 9.67. The van der Waals surface area contributed by atoms with Crippen molar-refractivity contribution in [2.45, 2.75) is 59.3 Å². The van der Waals surface area contributed by atoms with Gasteiger partial charge in [-0.1, -0.05) is 149 Å². The minimum atomic E-state index is -0.141. The van der Waals surface area contributed by atoms with E-state index >= 15 is 0 Å². The van der Waals surface area contributed by atoms with Crippen LogP contribution in [0.25, 0.3) is 50.5 Å². The maximum atomic E-state index is 9.67. The van der Waals surface area contributed by atoms with Crippen LogP contribution in [0.1, 0.15) is 76.3 Å². The molecule has 0 saturated carbocycles. The van der Waals surface area contributed by atoms with Crippen LogP contribution in [-0.2, 0) is 5.41 Å². The first-order valence-electron chi connectivity index (χ1n) is 17.9. The summed E-state index contributed by atoms with van der Waals surface area (Å²) in [5.74, 6) is 0.693. The molecule has 1 atom stereocenters. The van der Waals surface area contributed by atoms with Crippen molar-refractivity contribution in [3.63, 3.8) is 0 Å². The number of nitrogens with zero attached hydrogens (tertiary/aromatic N) is 3. The van der Waals surface area contributed by atoms with E-state index in [4.69, 9.17) is 9.97 Å². The van der Waals surface area contributed by atoms with E-state index in [0.717, 1.165) is 69.6 Å². The molecule has 252 valence electrons. The van der Waals surface area contributed by atoms with Crippen LogP contribution in [0.4, 0.5) is 0 Å². The van der Waals surface area contributed by atoms with Crippen molar-refractivity contribution in [2.75, 3.05) is 0 Å². The van der Waals surface area contributed by atoms with Crippen molar-refractivity contribution in [1.82, 2.24) is 9.97 Å². The second-order valence-corrected chi connectivity index (χ2v) is 13.5. The van der Waals surface area contributed by atoms with Gasteiger partial charge in [-0.15, -0.1) is 0 Å². The predicted octanol–water partition coefficient (Wildman–Crippen LogP) is 12.9. The van der Waals surface area contributed by atoms with Crippen LogP contribution in [0, 0.1) is 11.3 Å². The first-order chi connectivity index (χ1) is 24.8. The van der Waals surface area contributed by atoms with Gasteiger partial charge in [0, 0.05) is 22.1 Å². The Kier molecular flexibility index (Phi) is 10.5. The molecular formula is C48H45N3. The van der Waals surface area contributed by atoms with Gasteiger partial charge in [-0.05, 0) is 95.5 Å². The summed E-state index contributed by atoms with van der Waals surface area (Å²) in [6.45, 7) is 15.3. The fourth-order valence-corrected chi connectivity index (χ4v) is 7.24. The molecule has 51 heavy (non-hydrogen) atoms. The summed E-state index contributed by atoms with van der Waals surface area (Å²) in [6, 6.07) is 40.2. The predicted molar refractivity (Wildman–Crippen MR) is 215 cm³/mol. The minimum absolute atomic E-state index is 0.141. The molecule has 6 rings (SSSR count). The molecule has 0 saturated heterocycles. The number of allylic oxidation sites excluding steroid dienone is 9. The average molecular weight is 664 g/mol. The van der Waals surface area contributed by atoms with Crippen LogP contribution in [-0.4, -0.2) is 9.97 Å². The fourth-order valence-electron chi connectivity index (χ4n) is 7.24. The van der Waals surface area contributed by atoms with E-state index in [9.17, 15) is 5.26 Å². The van der Waals surface area contributed by atoms with Crippen molar-refractivity contribution >= 4 is 16.7 Å². The highest BCUT2D eigenvalue weighted by Crippen LogP contribution is 2.52. The number of rotatable bonds is 11. The van der Waals surface area contributed by atoms with Crippen LogP contribution in [0.3, 0.4) is 0 Å². The third kappa shape index (κ3) is 7.23. The van der Waals surface area contributed by atoms with Crippen molar-refractivity contribution in [1.29, 1.82) is 5.26 Å². The van der Waals surface area contributed by atoms with Crippen molar-refractivity contribution in [3.05, 3.63) is 174 Å². The zero-order chi connectivity index (χ0) is 36.0. The Bertz CT molecular complexity index is 2190. The first kappa shape index (κ1) is 35.0. The first-order valence-corrected chi connectivity index (χ1v) is 17.9. The Morgan fingerprint density at radius 2 is 1.53 bits per heavy atom. The fraction of sp³-hybridized carbons (Fsp3) is 0.188. The largest absolute Gasteiger partial charge is 0.228 e. The molecule has 1 heterocycles. The molecule has 0 aliphatic heterocycles. The summed E-state index contributed by atoms with van der Waals surface area (Å²) in [4.78, 5) is 9.97. The molecule has 0 radical (unpaired) electrons. The number of hydrogen-bond acceptors (Lipinski definition) is 3. The van der Waals surface area contributed by atoms with Crippen LogP contribution in [0.5, 0.6) is 0 Å². The normalized spacial score (nSPS) is 16.0. The monoisotopic (exact) mass is 663 g/mol. The van der Waals surface area contributed by atoms with E-state index in [0.29, 0.717) is 5.82 Å². The molecule has 1 aliphatic carbocycles. The van der Waals surface area contributed by atoms with E-state index < -0.39 is 0 Å². The van der Waals surface area contributed by atoms with Crippen molar-refractivity contribution in [3.8, 4) is 39.8 Å². The molecule has 3 nitrogen and oxygen atoms in total. The summed E-state index contributed by atoms with van der Waals surface area (Å²) in [6.07, 6.45) is 11.7. The molecule has 5 aromatic rings. The Morgan fingerprint density at radius 1 is 0.843 bits per heavy atom. The lowest BCUT2D eigenvalue weighted by atomic mass is 9.74. The lowest BCUT2D eigenvalue weighted by molar-refractivity contribution is 0.500. The lowest BCUT2D eigenvalue weighted by Gasteiger charge is -2.29. The molecule has 0 N–H and O–H groups in total. The van der Waals surface area contributed by atoms with Crippen LogP contribution < -0.4 is 0 Å². The van der Waals surface area contributed by atoms with Gasteiger partial charge in [-0.2, -0.15) is 5.26 Å². The molecule has 4 aromatic carbocycles. The van der Waals surface area contributed by atoms with Crippen molar-refractivity contribution < 1.29 is 0 Å². The summed E-state index contributed by atoms with van der Waals surface area (Å²) in [7, 11) is 0.